The van der Waals surface area contributed by atoms with E-state index >= 15 is 0 Å². The molecule has 3 heterocycles. The molecule has 0 spiro atoms. The fourth-order valence-corrected chi connectivity index (χ4v) is 7.39. The SMILES string of the molecule is CC(C)(C)OC(=O)N1CCC(C[C@@H]2CCN(C(=O)[C@@H](NC(=O)OCc3ccccc3)C(C)(C)C)[C@@H]2C(=O)N2CCO[C@H](c3ccccc3)C2)CC1. The Hall–Kier alpha value is -4.12. The van der Waals surface area contributed by atoms with Crippen LogP contribution in [0.15, 0.2) is 60.7 Å². The number of nitrogens with zero attached hydrogens (tertiary/aromatic N) is 3. The molecule has 11 heteroatoms. The number of carbonyl (C=O) groups is 4. The fraction of sp³-hybridized carbons (Fsp3) is 0.600. The molecule has 0 radical (unpaired) electrons. The summed E-state index contributed by atoms with van der Waals surface area (Å²) in [4.78, 5) is 60.4. The third-order valence-electron chi connectivity index (χ3n) is 10.1. The van der Waals surface area contributed by atoms with E-state index in [1.807, 2.05) is 107 Å². The number of hydrogen-bond acceptors (Lipinski definition) is 7. The maximum atomic E-state index is 14.7. The van der Waals surface area contributed by atoms with Crippen LogP contribution >= 0.6 is 0 Å². The molecular weight excluding hydrogens is 648 g/mol. The van der Waals surface area contributed by atoms with E-state index in [4.69, 9.17) is 14.2 Å². The van der Waals surface area contributed by atoms with Gasteiger partial charge >= 0.3 is 12.2 Å². The van der Waals surface area contributed by atoms with E-state index in [-0.39, 0.29) is 36.5 Å². The van der Waals surface area contributed by atoms with Gasteiger partial charge in [-0.05, 0) is 74.8 Å². The predicted molar refractivity (Wildman–Crippen MR) is 193 cm³/mol. The second-order valence-corrected chi connectivity index (χ2v) is 16.2. The highest BCUT2D eigenvalue weighted by atomic mass is 16.6. The molecule has 0 saturated carbocycles. The Kier molecular flexibility index (Phi) is 12.3. The summed E-state index contributed by atoms with van der Waals surface area (Å²) in [5.74, 6) is -0.137. The summed E-state index contributed by atoms with van der Waals surface area (Å²) >= 11 is 0. The molecule has 2 aromatic rings. The summed E-state index contributed by atoms with van der Waals surface area (Å²) < 4.78 is 17.2. The van der Waals surface area contributed by atoms with Crippen LogP contribution in [0, 0.1) is 17.3 Å². The maximum Gasteiger partial charge on any atom is 0.410 e. The number of amides is 4. The lowest BCUT2D eigenvalue weighted by Gasteiger charge is -2.40. The zero-order valence-electron chi connectivity index (χ0n) is 31.1. The van der Waals surface area contributed by atoms with Gasteiger partial charge in [-0.3, -0.25) is 9.59 Å². The van der Waals surface area contributed by atoms with Gasteiger partial charge in [0.1, 0.15) is 30.4 Å². The maximum absolute atomic E-state index is 14.7. The summed E-state index contributed by atoms with van der Waals surface area (Å²) in [6.07, 6.45) is 1.82. The molecule has 3 saturated heterocycles. The predicted octanol–water partition coefficient (Wildman–Crippen LogP) is 6.18. The molecular formula is C40H56N4O7. The molecule has 4 amide bonds. The molecule has 4 atom stereocenters. The molecule has 0 aliphatic carbocycles. The average molecular weight is 705 g/mol. The van der Waals surface area contributed by atoms with E-state index in [9.17, 15) is 19.2 Å². The largest absolute Gasteiger partial charge is 0.445 e. The summed E-state index contributed by atoms with van der Waals surface area (Å²) in [7, 11) is 0. The smallest absolute Gasteiger partial charge is 0.410 e. The Morgan fingerprint density at radius 3 is 2.12 bits per heavy atom. The molecule has 1 N–H and O–H groups in total. The quantitative estimate of drug-likeness (QED) is 0.349. The second-order valence-electron chi connectivity index (χ2n) is 16.2. The van der Waals surface area contributed by atoms with Gasteiger partial charge in [-0.2, -0.15) is 0 Å². The van der Waals surface area contributed by atoms with Crippen molar-refractivity contribution in [2.75, 3.05) is 39.3 Å². The lowest BCUT2D eigenvalue weighted by molar-refractivity contribution is -0.152. The number of alkyl carbamates (subject to hydrolysis) is 1. The van der Waals surface area contributed by atoms with Crippen molar-refractivity contribution in [3.05, 3.63) is 71.8 Å². The van der Waals surface area contributed by atoms with Gasteiger partial charge in [-0.1, -0.05) is 81.4 Å². The van der Waals surface area contributed by atoms with Gasteiger partial charge in [-0.15, -0.1) is 0 Å². The number of benzene rings is 2. The number of piperidine rings is 1. The van der Waals surface area contributed by atoms with Crippen molar-refractivity contribution in [1.82, 2.24) is 20.0 Å². The van der Waals surface area contributed by atoms with Crippen LogP contribution in [0.4, 0.5) is 9.59 Å². The molecule has 3 aliphatic heterocycles. The number of rotatable bonds is 8. The van der Waals surface area contributed by atoms with Crippen molar-refractivity contribution in [3.8, 4) is 0 Å². The lowest BCUT2D eigenvalue weighted by atomic mass is 9.82. The number of hydrogen-bond donors (Lipinski definition) is 1. The van der Waals surface area contributed by atoms with Gasteiger partial charge < -0.3 is 34.2 Å². The molecule has 11 nitrogen and oxygen atoms in total. The minimum Gasteiger partial charge on any atom is -0.445 e. The Bertz CT molecular complexity index is 1480. The lowest BCUT2D eigenvalue weighted by Crippen LogP contribution is -2.59. The van der Waals surface area contributed by atoms with Crippen LogP contribution in [0.1, 0.15) is 84.5 Å². The minimum absolute atomic E-state index is 0.0665. The van der Waals surface area contributed by atoms with Gasteiger partial charge in [-0.25, -0.2) is 9.59 Å². The van der Waals surface area contributed by atoms with E-state index in [0.717, 1.165) is 30.4 Å². The van der Waals surface area contributed by atoms with Crippen molar-refractivity contribution in [2.45, 2.75) is 97.6 Å². The summed E-state index contributed by atoms with van der Waals surface area (Å²) in [5.41, 5.74) is 0.642. The summed E-state index contributed by atoms with van der Waals surface area (Å²) in [5, 5.41) is 2.85. The number of morpholine rings is 1. The van der Waals surface area contributed by atoms with Crippen LogP contribution in [0.2, 0.25) is 0 Å². The van der Waals surface area contributed by atoms with Crippen molar-refractivity contribution in [1.29, 1.82) is 0 Å². The highest BCUT2D eigenvalue weighted by Crippen LogP contribution is 2.37. The standard InChI is InChI=1S/C40H56N4O7/c1-39(2,3)34(41-37(47)50-27-29-13-9-7-10-14-29)36(46)44-22-19-31(25-28-17-20-42(21-18-28)38(48)51-40(4,5)6)33(44)35(45)43-23-24-49-32(26-43)30-15-11-8-12-16-30/h7-16,28,31-34H,17-27H2,1-6H3,(H,41,47)/t31-,32-,33-,34+/m0/s1. The first-order valence-electron chi connectivity index (χ1n) is 18.4. The third kappa shape index (κ3) is 10.2. The molecule has 0 aromatic heterocycles. The Balaban J connectivity index is 1.32. The number of nitrogens with one attached hydrogen (secondary N) is 1. The molecule has 51 heavy (non-hydrogen) atoms. The zero-order valence-corrected chi connectivity index (χ0v) is 31.1. The zero-order chi connectivity index (χ0) is 36.8. The van der Waals surface area contributed by atoms with E-state index < -0.39 is 29.2 Å². The van der Waals surface area contributed by atoms with E-state index in [1.54, 1.807) is 9.80 Å². The normalized spacial score (nSPS) is 22.3. The molecule has 0 unspecified atom stereocenters. The van der Waals surface area contributed by atoms with Crippen LogP contribution in [0.25, 0.3) is 0 Å². The first-order chi connectivity index (χ1) is 24.2. The van der Waals surface area contributed by atoms with Gasteiger partial charge in [0, 0.05) is 26.2 Å². The monoisotopic (exact) mass is 704 g/mol. The highest BCUT2D eigenvalue weighted by molar-refractivity contribution is 5.92. The Morgan fingerprint density at radius 2 is 1.49 bits per heavy atom. The second kappa shape index (κ2) is 16.5. The summed E-state index contributed by atoms with van der Waals surface area (Å²) in [6, 6.07) is 17.7. The number of ether oxygens (including phenoxy) is 3. The molecule has 3 aliphatic rings. The van der Waals surface area contributed by atoms with E-state index in [1.165, 1.54) is 0 Å². The average Bonchev–Trinajstić information content (AvgIpc) is 3.52. The molecule has 2 aromatic carbocycles. The van der Waals surface area contributed by atoms with E-state index in [0.29, 0.717) is 51.7 Å². The van der Waals surface area contributed by atoms with E-state index in [2.05, 4.69) is 5.32 Å². The van der Waals surface area contributed by atoms with Crippen molar-refractivity contribution < 1.29 is 33.4 Å². The molecule has 3 fully saturated rings. The number of likely N-dealkylation sites (tertiary alicyclic amines) is 2. The molecule has 278 valence electrons. The van der Waals surface area contributed by atoms with Gasteiger partial charge in [0.2, 0.25) is 11.8 Å². The number of carbonyl (C=O) groups excluding carboxylic acids is 4. The van der Waals surface area contributed by atoms with Crippen molar-refractivity contribution in [2.24, 2.45) is 17.3 Å². The fourth-order valence-electron chi connectivity index (χ4n) is 7.39. The van der Waals surface area contributed by atoms with Gasteiger partial charge in [0.05, 0.1) is 13.2 Å². The van der Waals surface area contributed by atoms with Crippen LogP contribution in [0.3, 0.4) is 0 Å². The van der Waals surface area contributed by atoms with Crippen molar-refractivity contribution in [3.63, 3.8) is 0 Å². The van der Waals surface area contributed by atoms with Crippen LogP contribution in [-0.4, -0.2) is 95.7 Å². The van der Waals surface area contributed by atoms with Crippen LogP contribution in [-0.2, 0) is 30.4 Å². The third-order valence-corrected chi connectivity index (χ3v) is 10.1. The topological polar surface area (TPSA) is 118 Å². The highest BCUT2D eigenvalue weighted by Gasteiger charge is 2.48. The first-order valence-corrected chi connectivity index (χ1v) is 18.4. The van der Waals surface area contributed by atoms with Crippen LogP contribution in [0.5, 0.6) is 0 Å². The molecule has 5 rings (SSSR count). The summed E-state index contributed by atoms with van der Waals surface area (Å²) in [6.45, 7) is 14.2. The van der Waals surface area contributed by atoms with Gasteiger partial charge in [0.15, 0.2) is 0 Å². The molecule has 0 bridgehead atoms. The minimum atomic E-state index is -0.909. The van der Waals surface area contributed by atoms with Crippen molar-refractivity contribution >= 4 is 24.0 Å². The first kappa shape index (κ1) is 38.1. The Labute approximate surface area is 303 Å². The Morgan fingerprint density at radius 1 is 0.843 bits per heavy atom. The van der Waals surface area contributed by atoms with Gasteiger partial charge in [0.25, 0.3) is 0 Å². The van der Waals surface area contributed by atoms with Crippen LogP contribution < -0.4 is 5.32 Å².